The first kappa shape index (κ1) is 6.01. The first-order valence-corrected chi connectivity index (χ1v) is 2.66. The van der Waals surface area contributed by atoms with Gasteiger partial charge in [-0.25, -0.2) is 0 Å². The van der Waals surface area contributed by atoms with Crippen molar-refractivity contribution in [3.63, 3.8) is 0 Å². The summed E-state index contributed by atoms with van der Waals surface area (Å²) in [4.78, 5) is 20.1. The van der Waals surface area contributed by atoms with Gasteiger partial charge >= 0.3 is 0 Å². The molecule has 1 aliphatic rings. The van der Waals surface area contributed by atoms with Gasteiger partial charge in [-0.3, -0.25) is 9.59 Å². The van der Waals surface area contributed by atoms with Gasteiger partial charge in [0.2, 0.25) is 0 Å². The van der Waals surface area contributed by atoms with Crippen LogP contribution in [0.15, 0.2) is 11.8 Å². The molecule has 0 aromatic heterocycles. The third-order valence-corrected chi connectivity index (χ3v) is 1.14. The minimum absolute atomic E-state index is 0.0341. The molecule has 48 valence electrons. The summed E-state index contributed by atoms with van der Waals surface area (Å²) in [5.41, 5.74) is 0. The van der Waals surface area contributed by atoms with E-state index < -0.39 is 0 Å². The Balaban J connectivity index is 2.51. The number of hydrogen-bond donors (Lipinski definition) is 0. The van der Waals surface area contributed by atoms with Gasteiger partial charge in [-0.2, -0.15) is 0 Å². The minimum Gasteiger partial charge on any atom is -0.433 e. The highest BCUT2D eigenvalue weighted by Gasteiger charge is 2.11. The van der Waals surface area contributed by atoms with E-state index in [9.17, 15) is 9.59 Å². The molecular weight excluding hydrogens is 120 g/mol. The Hall–Kier alpha value is -1.12. The van der Waals surface area contributed by atoms with Crippen LogP contribution in [0, 0.1) is 0 Å². The lowest BCUT2D eigenvalue weighted by atomic mass is 10.3. The van der Waals surface area contributed by atoms with Gasteiger partial charge in [-0.1, -0.05) is 0 Å². The molecule has 0 aromatic rings. The second-order valence-electron chi connectivity index (χ2n) is 1.79. The maximum atomic E-state index is 10.5. The first-order valence-electron chi connectivity index (χ1n) is 2.66. The average molecular weight is 126 g/mol. The lowest BCUT2D eigenvalue weighted by Crippen LogP contribution is -1.83. The second-order valence-corrected chi connectivity index (χ2v) is 1.79. The van der Waals surface area contributed by atoms with Crippen LogP contribution in [0.25, 0.3) is 0 Å². The van der Waals surface area contributed by atoms with Crippen LogP contribution < -0.4 is 0 Å². The van der Waals surface area contributed by atoms with Crippen LogP contribution in [0.4, 0.5) is 0 Å². The third-order valence-electron chi connectivity index (χ3n) is 1.14. The zero-order valence-corrected chi connectivity index (χ0v) is 4.79. The molecule has 0 atom stereocenters. The van der Waals surface area contributed by atoms with E-state index in [1.165, 1.54) is 6.08 Å². The molecule has 9 heavy (non-hydrogen) atoms. The van der Waals surface area contributed by atoms with Gasteiger partial charge in [0, 0.05) is 18.9 Å². The lowest BCUT2D eigenvalue weighted by Gasteiger charge is -1.91. The molecule has 0 N–H and O–H groups in total. The van der Waals surface area contributed by atoms with Gasteiger partial charge in [0.15, 0.2) is 5.78 Å². The first-order chi connectivity index (χ1) is 4.33. The Morgan fingerprint density at radius 1 is 1.56 bits per heavy atom. The minimum atomic E-state index is 0.0341. The van der Waals surface area contributed by atoms with Gasteiger partial charge in [0.05, 0.1) is 0 Å². The predicted octanol–water partition coefficient (Wildman–Crippen LogP) is 0.406. The van der Waals surface area contributed by atoms with E-state index in [2.05, 4.69) is 4.74 Å². The topological polar surface area (TPSA) is 43.4 Å². The SMILES string of the molecule is O=COC1=CC(=O)CC1. The number of ketones is 1. The summed E-state index contributed by atoms with van der Waals surface area (Å²) in [5.74, 6) is 0.516. The monoisotopic (exact) mass is 126 g/mol. The third kappa shape index (κ3) is 1.38. The van der Waals surface area contributed by atoms with Crippen molar-refractivity contribution in [1.82, 2.24) is 0 Å². The highest BCUT2D eigenvalue weighted by Crippen LogP contribution is 2.14. The highest BCUT2D eigenvalue weighted by atomic mass is 16.5. The van der Waals surface area contributed by atoms with Crippen molar-refractivity contribution < 1.29 is 14.3 Å². The summed E-state index contributed by atoms with van der Waals surface area (Å²) in [6.07, 6.45) is 2.40. The standard InChI is InChI=1S/C6H6O3/c7-4-9-6-2-1-5(8)3-6/h3-4H,1-2H2. The molecule has 1 rings (SSSR count). The van der Waals surface area contributed by atoms with E-state index in [0.717, 1.165) is 0 Å². The molecular formula is C6H6O3. The van der Waals surface area contributed by atoms with E-state index in [1.807, 2.05) is 0 Å². The van der Waals surface area contributed by atoms with Gasteiger partial charge in [0.25, 0.3) is 6.47 Å². The van der Waals surface area contributed by atoms with E-state index in [0.29, 0.717) is 25.1 Å². The number of carbonyl (C=O) groups is 2. The second kappa shape index (κ2) is 2.44. The van der Waals surface area contributed by atoms with Crippen molar-refractivity contribution >= 4 is 12.3 Å². The number of allylic oxidation sites excluding steroid dienone is 2. The van der Waals surface area contributed by atoms with E-state index in [-0.39, 0.29) is 5.78 Å². The van der Waals surface area contributed by atoms with Crippen molar-refractivity contribution in [2.45, 2.75) is 12.8 Å². The molecule has 0 aromatic carbocycles. The molecule has 0 heterocycles. The van der Waals surface area contributed by atoms with E-state index >= 15 is 0 Å². The largest absolute Gasteiger partial charge is 0.433 e. The molecule has 0 unspecified atom stereocenters. The average Bonchev–Trinajstić information content (AvgIpc) is 2.17. The van der Waals surface area contributed by atoms with Crippen LogP contribution in [0.1, 0.15) is 12.8 Å². The molecule has 0 saturated carbocycles. The van der Waals surface area contributed by atoms with Crippen LogP contribution in [-0.4, -0.2) is 12.3 Å². The summed E-state index contributed by atoms with van der Waals surface area (Å²) >= 11 is 0. The lowest BCUT2D eigenvalue weighted by molar-refractivity contribution is -0.125. The molecule has 0 radical (unpaired) electrons. The summed E-state index contributed by atoms with van der Waals surface area (Å²) in [6.45, 7) is 0.338. The molecule has 0 amide bonds. The number of rotatable bonds is 2. The number of ether oxygens (including phenoxy) is 1. The molecule has 3 nitrogen and oxygen atoms in total. The maximum Gasteiger partial charge on any atom is 0.298 e. The van der Waals surface area contributed by atoms with Crippen molar-refractivity contribution in [3.05, 3.63) is 11.8 Å². The number of carbonyl (C=O) groups excluding carboxylic acids is 2. The normalized spacial score (nSPS) is 17.3. The zero-order chi connectivity index (χ0) is 6.69. The van der Waals surface area contributed by atoms with Crippen molar-refractivity contribution in [3.8, 4) is 0 Å². The Bertz CT molecular complexity index is 169. The fourth-order valence-electron chi connectivity index (χ4n) is 0.725. The van der Waals surface area contributed by atoms with Gasteiger partial charge < -0.3 is 4.74 Å². The van der Waals surface area contributed by atoms with Crippen molar-refractivity contribution in [2.75, 3.05) is 0 Å². The fourth-order valence-corrected chi connectivity index (χ4v) is 0.725. The summed E-state index contributed by atoms with van der Waals surface area (Å²) in [5, 5.41) is 0. The van der Waals surface area contributed by atoms with Crippen LogP contribution in [0.3, 0.4) is 0 Å². The highest BCUT2D eigenvalue weighted by molar-refractivity contribution is 5.92. The van der Waals surface area contributed by atoms with Gasteiger partial charge in [-0.15, -0.1) is 0 Å². The van der Waals surface area contributed by atoms with Gasteiger partial charge in [0.1, 0.15) is 5.76 Å². The van der Waals surface area contributed by atoms with Crippen molar-refractivity contribution in [1.29, 1.82) is 0 Å². The molecule has 3 heteroatoms. The predicted molar refractivity (Wildman–Crippen MR) is 29.5 cm³/mol. The van der Waals surface area contributed by atoms with Crippen LogP contribution in [0.2, 0.25) is 0 Å². The fraction of sp³-hybridized carbons (Fsp3) is 0.333. The molecule has 1 aliphatic carbocycles. The van der Waals surface area contributed by atoms with Crippen LogP contribution in [-0.2, 0) is 14.3 Å². The van der Waals surface area contributed by atoms with E-state index in [4.69, 9.17) is 0 Å². The van der Waals surface area contributed by atoms with Gasteiger partial charge in [-0.05, 0) is 0 Å². The quantitative estimate of drug-likeness (QED) is 0.503. The molecule has 0 bridgehead atoms. The maximum absolute atomic E-state index is 10.5. The number of hydrogen-bond acceptors (Lipinski definition) is 3. The smallest absolute Gasteiger partial charge is 0.298 e. The zero-order valence-electron chi connectivity index (χ0n) is 4.79. The molecule has 0 aliphatic heterocycles. The molecule has 0 spiro atoms. The van der Waals surface area contributed by atoms with Crippen LogP contribution in [0.5, 0.6) is 0 Å². The molecule has 0 saturated heterocycles. The van der Waals surface area contributed by atoms with E-state index in [1.54, 1.807) is 0 Å². The molecule has 0 fully saturated rings. The Morgan fingerprint density at radius 3 is 2.78 bits per heavy atom. The summed E-state index contributed by atoms with van der Waals surface area (Å²) < 4.78 is 4.43. The Kier molecular flexibility index (Phi) is 1.63. The van der Waals surface area contributed by atoms with Crippen molar-refractivity contribution in [2.24, 2.45) is 0 Å². The Labute approximate surface area is 52.3 Å². The summed E-state index contributed by atoms with van der Waals surface area (Å²) in [6, 6.07) is 0. The summed E-state index contributed by atoms with van der Waals surface area (Å²) in [7, 11) is 0. The Morgan fingerprint density at radius 2 is 2.33 bits per heavy atom. The van der Waals surface area contributed by atoms with Crippen LogP contribution >= 0.6 is 0 Å².